The minimum atomic E-state index is -1.16. The molecule has 0 bridgehead atoms. The molecule has 9 nitrogen and oxygen atoms in total. The van der Waals surface area contributed by atoms with Crippen LogP contribution in [0.25, 0.3) is 0 Å². The molecule has 2 heterocycles. The Hall–Kier alpha value is -3.68. The van der Waals surface area contributed by atoms with Crippen molar-refractivity contribution in [2.24, 2.45) is 5.92 Å². The highest BCUT2D eigenvalue weighted by molar-refractivity contribution is 5.66. The molecule has 1 saturated carbocycles. The molecule has 2 atom stereocenters. The molecule has 0 spiro atoms. The van der Waals surface area contributed by atoms with Crippen molar-refractivity contribution >= 4 is 23.4 Å². The second-order valence-corrected chi connectivity index (χ2v) is 7.14. The fourth-order valence-corrected chi connectivity index (χ4v) is 3.32. The van der Waals surface area contributed by atoms with Gasteiger partial charge in [-0.3, -0.25) is 0 Å². The zero-order chi connectivity index (χ0) is 22.5. The number of pyridine rings is 2. The van der Waals surface area contributed by atoms with Gasteiger partial charge in [0.15, 0.2) is 23.3 Å². The second-order valence-electron chi connectivity index (χ2n) is 7.14. The molecule has 0 aliphatic heterocycles. The number of amides is 1. The molecule has 1 fully saturated rings. The van der Waals surface area contributed by atoms with Gasteiger partial charge in [0.05, 0.1) is 36.6 Å². The van der Waals surface area contributed by atoms with Crippen LogP contribution >= 0.6 is 0 Å². The predicted octanol–water partition coefficient (Wildman–Crippen LogP) is 3.62. The maximum absolute atomic E-state index is 14.7. The fraction of sp³-hybridized carbons (Fsp3) is 0.400. The highest BCUT2D eigenvalue weighted by Gasteiger charge is 2.37. The van der Waals surface area contributed by atoms with Gasteiger partial charge in [0.1, 0.15) is 6.07 Å². The molecule has 31 heavy (non-hydrogen) atoms. The molecule has 3 rings (SSSR count). The van der Waals surface area contributed by atoms with Crippen molar-refractivity contribution in [3.05, 3.63) is 35.5 Å². The molecular formula is C20H22F2N6O3. The average molecular weight is 432 g/mol. The van der Waals surface area contributed by atoms with E-state index in [4.69, 9.17) is 9.84 Å². The summed E-state index contributed by atoms with van der Waals surface area (Å²) < 4.78 is 33.4. The zero-order valence-electron chi connectivity index (χ0n) is 16.9. The van der Waals surface area contributed by atoms with Crippen LogP contribution in [0.3, 0.4) is 0 Å². The monoisotopic (exact) mass is 432 g/mol. The summed E-state index contributed by atoms with van der Waals surface area (Å²) in [4.78, 5) is 19.1. The Morgan fingerprint density at radius 2 is 2.10 bits per heavy atom. The summed E-state index contributed by atoms with van der Waals surface area (Å²) in [6, 6.07) is 3.16. The summed E-state index contributed by atoms with van der Waals surface area (Å²) in [5.41, 5.74) is 0.107. The number of methoxy groups -OCH3 is 1. The molecule has 11 heteroatoms. The Balaban J connectivity index is 1.90. The highest BCUT2D eigenvalue weighted by Crippen LogP contribution is 2.37. The third-order valence-corrected chi connectivity index (χ3v) is 4.98. The van der Waals surface area contributed by atoms with E-state index in [0.29, 0.717) is 6.42 Å². The number of ether oxygens (including phenoxy) is 1. The number of halogens is 2. The van der Waals surface area contributed by atoms with Gasteiger partial charge in [-0.2, -0.15) is 5.26 Å². The predicted molar refractivity (Wildman–Crippen MR) is 108 cm³/mol. The fourth-order valence-electron chi connectivity index (χ4n) is 3.32. The number of aromatic nitrogens is 2. The van der Waals surface area contributed by atoms with Gasteiger partial charge in [-0.15, -0.1) is 0 Å². The highest BCUT2D eigenvalue weighted by atomic mass is 19.1. The lowest BCUT2D eigenvalue weighted by molar-refractivity contribution is 0.187. The van der Waals surface area contributed by atoms with Crippen LogP contribution in [-0.4, -0.2) is 40.4 Å². The van der Waals surface area contributed by atoms with Crippen molar-refractivity contribution in [2.45, 2.75) is 38.3 Å². The maximum Gasteiger partial charge on any atom is 0.404 e. The van der Waals surface area contributed by atoms with Gasteiger partial charge in [0, 0.05) is 6.07 Å². The van der Waals surface area contributed by atoms with Gasteiger partial charge >= 0.3 is 6.09 Å². The lowest BCUT2D eigenvalue weighted by atomic mass is 10.0. The first-order valence-electron chi connectivity index (χ1n) is 9.69. The summed E-state index contributed by atoms with van der Waals surface area (Å²) >= 11 is 0. The van der Waals surface area contributed by atoms with Crippen LogP contribution in [0.5, 0.6) is 5.88 Å². The maximum atomic E-state index is 14.7. The third-order valence-electron chi connectivity index (χ3n) is 4.98. The average Bonchev–Trinajstić information content (AvgIpc) is 3.57. The Morgan fingerprint density at radius 1 is 1.35 bits per heavy atom. The summed E-state index contributed by atoms with van der Waals surface area (Å²) in [6.07, 6.45) is 2.40. The number of nitrogens with zero attached hydrogens (tertiary/aromatic N) is 3. The number of anilines is 3. The number of nitriles is 1. The van der Waals surface area contributed by atoms with E-state index in [1.165, 1.54) is 13.3 Å². The zero-order valence-corrected chi connectivity index (χ0v) is 16.9. The van der Waals surface area contributed by atoms with Gasteiger partial charge in [-0.1, -0.05) is 6.92 Å². The van der Waals surface area contributed by atoms with E-state index in [2.05, 4.69) is 25.9 Å². The Kier molecular flexibility index (Phi) is 6.69. The molecule has 1 aliphatic carbocycles. The first kappa shape index (κ1) is 22.0. The Labute approximate surface area is 177 Å². The lowest BCUT2D eigenvalue weighted by Gasteiger charge is -2.28. The first-order valence-corrected chi connectivity index (χ1v) is 9.69. The standard InChI is InChI=1S/C20H22F2N6O3/c1-3-15(26-20(29)30)16(10-4-5-10)27-18-13(21)6-11(8-23)17(28-18)25-12-7-14(22)19(31-2)24-9-12/h6-7,9-10,15-16,26H,3-5H2,1-2H3,(H,29,30)(H2,25,27,28)/t15-,16+/m0/s1. The van der Waals surface area contributed by atoms with E-state index in [0.717, 1.165) is 25.0 Å². The van der Waals surface area contributed by atoms with Crippen molar-refractivity contribution < 1.29 is 23.4 Å². The summed E-state index contributed by atoms with van der Waals surface area (Å²) in [6.45, 7) is 1.83. The van der Waals surface area contributed by atoms with Crippen LogP contribution < -0.4 is 20.7 Å². The van der Waals surface area contributed by atoms with E-state index >= 15 is 0 Å². The molecule has 0 saturated heterocycles. The second kappa shape index (κ2) is 9.42. The van der Waals surface area contributed by atoms with E-state index < -0.39 is 23.8 Å². The Morgan fingerprint density at radius 3 is 2.65 bits per heavy atom. The van der Waals surface area contributed by atoms with E-state index in [1.807, 2.05) is 13.0 Å². The van der Waals surface area contributed by atoms with Gasteiger partial charge in [0.2, 0.25) is 5.88 Å². The molecule has 1 amide bonds. The first-order chi connectivity index (χ1) is 14.9. The van der Waals surface area contributed by atoms with Crippen LogP contribution in [0.15, 0.2) is 18.3 Å². The van der Waals surface area contributed by atoms with Gasteiger partial charge < -0.3 is 25.8 Å². The van der Waals surface area contributed by atoms with Crippen molar-refractivity contribution in [2.75, 3.05) is 17.7 Å². The lowest BCUT2D eigenvalue weighted by Crippen LogP contribution is -2.47. The molecule has 4 N–H and O–H groups in total. The quantitative estimate of drug-likeness (QED) is 0.472. The van der Waals surface area contributed by atoms with Gasteiger partial charge in [0.25, 0.3) is 0 Å². The molecule has 1 aliphatic rings. The topological polar surface area (TPSA) is 132 Å². The molecule has 0 radical (unpaired) electrons. The summed E-state index contributed by atoms with van der Waals surface area (Å²) in [7, 11) is 1.28. The van der Waals surface area contributed by atoms with E-state index in [-0.39, 0.29) is 40.7 Å². The van der Waals surface area contributed by atoms with Crippen molar-refractivity contribution in [1.29, 1.82) is 5.26 Å². The number of rotatable bonds is 9. The molecule has 0 aromatic carbocycles. The Bertz CT molecular complexity index is 1010. The molecule has 0 unspecified atom stereocenters. The minimum absolute atomic E-state index is 0.00607. The molecule has 2 aromatic rings. The van der Waals surface area contributed by atoms with Crippen LogP contribution in [0.1, 0.15) is 31.7 Å². The van der Waals surface area contributed by atoms with Crippen LogP contribution in [0.4, 0.5) is 30.9 Å². The van der Waals surface area contributed by atoms with Crippen molar-refractivity contribution in [3.63, 3.8) is 0 Å². The normalized spacial score (nSPS) is 14.8. The summed E-state index contributed by atoms with van der Waals surface area (Å²) in [5, 5.41) is 26.7. The number of carboxylic acid groups (broad SMARTS) is 1. The van der Waals surface area contributed by atoms with Crippen LogP contribution in [0.2, 0.25) is 0 Å². The van der Waals surface area contributed by atoms with Crippen molar-refractivity contribution in [1.82, 2.24) is 15.3 Å². The molecule has 2 aromatic heterocycles. The molecule has 164 valence electrons. The van der Waals surface area contributed by atoms with E-state index in [9.17, 15) is 18.8 Å². The van der Waals surface area contributed by atoms with Gasteiger partial charge in [-0.05, 0) is 31.2 Å². The smallest absolute Gasteiger partial charge is 0.404 e. The van der Waals surface area contributed by atoms with E-state index in [1.54, 1.807) is 0 Å². The summed E-state index contributed by atoms with van der Waals surface area (Å²) in [5.74, 6) is -1.62. The van der Waals surface area contributed by atoms with Crippen LogP contribution in [-0.2, 0) is 0 Å². The third kappa shape index (κ3) is 5.28. The minimum Gasteiger partial charge on any atom is -0.479 e. The number of carbonyl (C=O) groups is 1. The van der Waals surface area contributed by atoms with Crippen molar-refractivity contribution in [3.8, 4) is 11.9 Å². The number of nitrogens with one attached hydrogen (secondary N) is 3. The SMILES string of the molecule is CC[C@H](NC(=O)O)[C@H](Nc1nc(Nc2cnc(OC)c(F)c2)c(C#N)cc1F)C1CC1. The van der Waals surface area contributed by atoms with Gasteiger partial charge in [-0.25, -0.2) is 23.5 Å². The number of hydrogen-bond donors (Lipinski definition) is 4. The molecular weight excluding hydrogens is 410 g/mol. The number of hydrogen-bond acceptors (Lipinski definition) is 7. The van der Waals surface area contributed by atoms with Crippen LogP contribution in [0, 0.1) is 28.9 Å². The largest absolute Gasteiger partial charge is 0.479 e.